The number of carbonyl (C=O) groups is 2. The van der Waals surface area contributed by atoms with E-state index >= 15 is 0 Å². The first-order valence-corrected chi connectivity index (χ1v) is 4.83. The Hall–Kier alpha value is -0.860. The Morgan fingerprint density at radius 2 is 1.85 bits per heavy atom. The van der Waals surface area contributed by atoms with Crippen molar-refractivity contribution in [3.05, 3.63) is 0 Å². The third-order valence-electron chi connectivity index (χ3n) is 2.76. The molecule has 0 saturated carbocycles. The number of hydrogen-bond donors (Lipinski definition) is 0. The molecule has 1 saturated heterocycles. The number of rotatable bonds is 2. The Kier molecular flexibility index (Phi) is 3.07. The fourth-order valence-electron chi connectivity index (χ4n) is 1.52. The average molecular weight is 183 g/mol. The molecule has 1 fully saturated rings. The molecule has 1 heterocycles. The Balaban J connectivity index is 2.61. The summed E-state index contributed by atoms with van der Waals surface area (Å²) in [6.07, 6.45) is 0.639. The minimum absolute atomic E-state index is 0.00236. The topological polar surface area (TPSA) is 37.4 Å². The van der Waals surface area contributed by atoms with Crippen LogP contribution >= 0.6 is 0 Å². The monoisotopic (exact) mass is 183 g/mol. The molecule has 74 valence electrons. The maximum Gasteiger partial charge on any atom is 0.230 e. The lowest BCUT2D eigenvalue weighted by molar-refractivity contribution is -0.141. The van der Waals surface area contributed by atoms with Gasteiger partial charge < -0.3 is 4.90 Å². The molecule has 0 aromatic rings. The van der Waals surface area contributed by atoms with Gasteiger partial charge in [0.1, 0.15) is 5.78 Å². The zero-order chi connectivity index (χ0) is 10.0. The number of ketones is 1. The Morgan fingerprint density at radius 3 is 2.31 bits per heavy atom. The zero-order valence-electron chi connectivity index (χ0n) is 8.54. The van der Waals surface area contributed by atoms with Gasteiger partial charge in [0.15, 0.2) is 0 Å². The maximum absolute atomic E-state index is 11.5. The molecule has 3 heteroatoms. The van der Waals surface area contributed by atoms with E-state index in [2.05, 4.69) is 13.8 Å². The first-order chi connectivity index (χ1) is 6.02. The Morgan fingerprint density at radius 1 is 1.23 bits per heavy atom. The molecule has 1 unspecified atom stereocenters. The van der Waals surface area contributed by atoms with Gasteiger partial charge in [-0.3, -0.25) is 9.59 Å². The lowest BCUT2D eigenvalue weighted by Gasteiger charge is -2.34. The third-order valence-corrected chi connectivity index (χ3v) is 2.76. The second-order valence-electron chi connectivity index (χ2n) is 4.04. The molecule has 1 aliphatic heterocycles. The van der Waals surface area contributed by atoms with Crippen LogP contribution < -0.4 is 0 Å². The van der Waals surface area contributed by atoms with Crippen molar-refractivity contribution in [2.45, 2.75) is 39.7 Å². The quantitative estimate of drug-likeness (QED) is 0.604. The predicted molar refractivity (Wildman–Crippen MR) is 50.3 cm³/mol. The Bertz CT molecular complexity index is 223. The molecule has 1 rings (SSSR count). The van der Waals surface area contributed by atoms with Gasteiger partial charge >= 0.3 is 0 Å². The molecule has 0 N–H and O–H groups in total. The van der Waals surface area contributed by atoms with Gasteiger partial charge in [-0.25, -0.2) is 0 Å². The molecule has 1 aliphatic rings. The summed E-state index contributed by atoms with van der Waals surface area (Å²) in [5.74, 6) is 0.534. The van der Waals surface area contributed by atoms with Crippen LogP contribution in [0, 0.1) is 5.92 Å². The van der Waals surface area contributed by atoms with E-state index in [1.165, 1.54) is 0 Å². The van der Waals surface area contributed by atoms with Crippen LogP contribution in [-0.2, 0) is 9.59 Å². The lowest BCUT2D eigenvalue weighted by Crippen LogP contribution is -2.46. The number of piperidine rings is 1. The predicted octanol–water partition coefficient (Wildman–Crippen LogP) is 1.22. The van der Waals surface area contributed by atoms with Crippen LogP contribution in [0.3, 0.4) is 0 Å². The first-order valence-electron chi connectivity index (χ1n) is 4.83. The highest BCUT2D eigenvalue weighted by atomic mass is 16.2. The molecule has 1 atom stereocenters. The summed E-state index contributed by atoms with van der Waals surface area (Å²) in [6, 6.07) is 0.251. The number of carbonyl (C=O) groups excluding carboxylic acids is 2. The lowest BCUT2D eigenvalue weighted by atomic mass is 10.0. The van der Waals surface area contributed by atoms with Crippen LogP contribution in [0.25, 0.3) is 0 Å². The number of likely N-dealkylation sites (tertiary alicyclic amines) is 1. The summed E-state index contributed by atoms with van der Waals surface area (Å²) in [5, 5.41) is 0. The van der Waals surface area contributed by atoms with E-state index in [4.69, 9.17) is 0 Å². The van der Waals surface area contributed by atoms with Gasteiger partial charge in [-0.15, -0.1) is 0 Å². The third kappa shape index (κ3) is 2.29. The number of hydrogen-bond acceptors (Lipinski definition) is 2. The van der Waals surface area contributed by atoms with E-state index in [9.17, 15) is 9.59 Å². The highest BCUT2D eigenvalue weighted by molar-refractivity contribution is 6.00. The number of amides is 1. The molecule has 1 amide bonds. The standard InChI is InChI=1S/C10H17NO2/c1-7(2)8(3)11-5-4-9(12)6-10(11)13/h7-8H,4-6H2,1-3H3. The summed E-state index contributed by atoms with van der Waals surface area (Å²) in [5.41, 5.74) is 0. The molecule has 0 bridgehead atoms. The maximum atomic E-state index is 11.5. The summed E-state index contributed by atoms with van der Waals surface area (Å²) in [6.45, 7) is 6.83. The minimum atomic E-state index is -0.00236. The average Bonchev–Trinajstić information content (AvgIpc) is 2.03. The highest BCUT2D eigenvalue weighted by Gasteiger charge is 2.28. The summed E-state index contributed by atoms with van der Waals surface area (Å²) in [7, 11) is 0. The first kappa shape index (κ1) is 10.2. The fraction of sp³-hybridized carbons (Fsp3) is 0.800. The SMILES string of the molecule is CC(C)C(C)N1CCC(=O)CC1=O. The van der Waals surface area contributed by atoms with Crippen molar-refractivity contribution in [1.29, 1.82) is 0 Å². The molecule has 0 aromatic heterocycles. The summed E-state index contributed by atoms with van der Waals surface area (Å²) < 4.78 is 0. The van der Waals surface area contributed by atoms with Crippen molar-refractivity contribution in [2.75, 3.05) is 6.54 Å². The fourth-order valence-corrected chi connectivity index (χ4v) is 1.52. The molecule has 13 heavy (non-hydrogen) atoms. The Labute approximate surface area is 79.1 Å². The van der Waals surface area contributed by atoms with Gasteiger partial charge in [0.05, 0.1) is 6.42 Å². The number of nitrogens with zero attached hydrogens (tertiary/aromatic N) is 1. The largest absolute Gasteiger partial charge is 0.339 e. The molecule has 0 aromatic carbocycles. The molecule has 3 nitrogen and oxygen atoms in total. The van der Waals surface area contributed by atoms with Crippen LogP contribution in [0.5, 0.6) is 0 Å². The van der Waals surface area contributed by atoms with Crippen LogP contribution in [0.4, 0.5) is 0 Å². The van der Waals surface area contributed by atoms with Gasteiger partial charge in [-0.2, -0.15) is 0 Å². The molecule has 0 spiro atoms. The molecule has 0 aliphatic carbocycles. The highest BCUT2D eigenvalue weighted by Crippen LogP contribution is 2.16. The van der Waals surface area contributed by atoms with E-state index in [1.807, 2.05) is 11.8 Å². The van der Waals surface area contributed by atoms with Gasteiger partial charge in [0, 0.05) is 19.0 Å². The van der Waals surface area contributed by atoms with E-state index in [0.29, 0.717) is 18.9 Å². The molecular formula is C10H17NO2. The van der Waals surface area contributed by atoms with E-state index in [-0.39, 0.29) is 24.2 Å². The van der Waals surface area contributed by atoms with Gasteiger partial charge in [-0.1, -0.05) is 13.8 Å². The molecule has 0 radical (unpaired) electrons. The minimum Gasteiger partial charge on any atom is -0.339 e. The second kappa shape index (κ2) is 3.90. The van der Waals surface area contributed by atoms with Crippen molar-refractivity contribution in [2.24, 2.45) is 5.92 Å². The van der Waals surface area contributed by atoms with Crippen molar-refractivity contribution < 1.29 is 9.59 Å². The van der Waals surface area contributed by atoms with E-state index in [0.717, 1.165) is 0 Å². The summed E-state index contributed by atoms with van der Waals surface area (Å²) in [4.78, 5) is 24.2. The van der Waals surface area contributed by atoms with Gasteiger partial charge in [0.25, 0.3) is 0 Å². The normalized spacial score (nSPS) is 21.1. The van der Waals surface area contributed by atoms with Crippen molar-refractivity contribution >= 4 is 11.7 Å². The van der Waals surface area contributed by atoms with Gasteiger partial charge in [0.2, 0.25) is 5.91 Å². The zero-order valence-corrected chi connectivity index (χ0v) is 8.54. The summed E-state index contributed by atoms with van der Waals surface area (Å²) >= 11 is 0. The smallest absolute Gasteiger partial charge is 0.230 e. The van der Waals surface area contributed by atoms with Crippen LogP contribution in [0.15, 0.2) is 0 Å². The van der Waals surface area contributed by atoms with Crippen LogP contribution in [0.1, 0.15) is 33.6 Å². The molecular weight excluding hydrogens is 166 g/mol. The van der Waals surface area contributed by atoms with Crippen molar-refractivity contribution in [1.82, 2.24) is 4.90 Å². The van der Waals surface area contributed by atoms with Crippen molar-refractivity contribution in [3.63, 3.8) is 0 Å². The van der Waals surface area contributed by atoms with E-state index < -0.39 is 0 Å². The van der Waals surface area contributed by atoms with Crippen LogP contribution in [0.2, 0.25) is 0 Å². The van der Waals surface area contributed by atoms with E-state index in [1.54, 1.807) is 0 Å². The van der Waals surface area contributed by atoms with Gasteiger partial charge in [-0.05, 0) is 12.8 Å². The van der Waals surface area contributed by atoms with Crippen LogP contribution in [-0.4, -0.2) is 29.2 Å². The number of Topliss-reactive ketones (excluding diaryl/α,β-unsaturated/α-hetero) is 1. The second-order valence-corrected chi connectivity index (χ2v) is 4.04. The van der Waals surface area contributed by atoms with Crippen molar-refractivity contribution in [3.8, 4) is 0 Å².